The van der Waals surface area contributed by atoms with Gasteiger partial charge in [-0.3, -0.25) is 9.69 Å². The van der Waals surface area contributed by atoms with Gasteiger partial charge in [0.15, 0.2) is 0 Å². The molecule has 0 radical (unpaired) electrons. The molecule has 1 aliphatic rings. The van der Waals surface area contributed by atoms with Gasteiger partial charge in [-0.05, 0) is 42.2 Å². The molecule has 1 aliphatic heterocycles. The largest absolute Gasteiger partial charge is 0.416 e. The van der Waals surface area contributed by atoms with Crippen molar-refractivity contribution in [2.75, 3.05) is 13.1 Å². The first kappa shape index (κ1) is 22.0. The van der Waals surface area contributed by atoms with Gasteiger partial charge in [-0.2, -0.15) is 18.3 Å². The van der Waals surface area contributed by atoms with Crippen LogP contribution in [0.4, 0.5) is 13.2 Å². The van der Waals surface area contributed by atoms with Crippen LogP contribution in [-0.4, -0.2) is 44.7 Å². The van der Waals surface area contributed by atoms with Gasteiger partial charge in [0.1, 0.15) is 12.7 Å². The third kappa shape index (κ3) is 5.73. The highest BCUT2D eigenvalue weighted by Crippen LogP contribution is 2.30. The number of piperidine rings is 1. The zero-order chi connectivity index (χ0) is 22.6. The third-order valence-corrected chi connectivity index (χ3v) is 5.61. The van der Waals surface area contributed by atoms with E-state index in [1.807, 2.05) is 12.1 Å². The van der Waals surface area contributed by atoms with Gasteiger partial charge >= 0.3 is 6.18 Å². The summed E-state index contributed by atoms with van der Waals surface area (Å²) in [6, 6.07) is 12.9. The quantitative estimate of drug-likeness (QED) is 0.631. The summed E-state index contributed by atoms with van der Waals surface area (Å²) in [4.78, 5) is 18.6. The Morgan fingerprint density at radius 3 is 2.44 bits per heavy atom. The number of rotatable bonds is 6. The Labute approximate surface area is 184 Å². The smallest absolute Gasteiger partial charge is 0.349 e. The van der Waals surface area contributed by atoms with Crippen molar-refractivity contribution in [1.29, 1.82) is 0 Å². The number of likely N-dealkylation sites (tertiary alicyclic amines) is 1. The summed E-state index contributed by atoms with van der Waals surface area (Å²) in [5.41, 5.74) is 1.64. The molecule has 0 unspecified atom stereocenters. The molecular formula is C23H24F3N5O. The van der Waals surface area contributed by atoms with E-state index in [0.717, 1.165) is 37.6 Å². The molecule has 32 heavy (non-hydrogen) atoms. The molecule has 0 saturated carbocycles. The van der Waals surface area contributed by atoms with Crippen LogP contribution in [0.3, 0.4) is 0 Å². The summed E-state index contributed by atoms with van der Waals surface area (Å²) < 4.78 is 40.4. The molecule has 3 aromatic rings. The van der Waals surface area contributed by atoms with Crippen LogP contribution >= 0.6 is 0 Å². The maximum atomic E-state index is 12.9. The van der Waals surface area contributed by atoms with Crippen LogP contribution in [0.15, 0.2) is 61.2 Å². The number of carbonyl (C=O) groups excluding carboxylic acids is 1. The number of hydrogen-bond donors (Lipinski definition) is 1. The van der Waals surface area contributed by atoms with Gasteiger partial charge in [0, 0.05) is 31.2 Å². The highest BCUT2D eigenvalue weighted by atomic mass is 19.4. The minimum absolute atomic E-state index is 0.0510. The molecule has 168 valence electrons. The first-order chi connectivity index (χ1) is 15.4. The number of carbonyl (C=O) groups is 1. The molecule has 2 heterocycles. The minimum atomic E-state index is -4.33. The molecule has 2 aromatic carbocycles. The number of benzene rings is 2. The molecular weight excluding hydrogens is 419 g/mol. The van der Waals surface area contributed by atoms with Gasteiger partial charge in [-0.1, -0.05) is 30.3 Å². The lowest BCUT2D eigenvalue weighted by Crippen LogP contribution is -2.44. The molecule has 1 fully saturated rings. The number of alkyl halides is 3. The zero-order valence-corrected chi connectivity index (χ0v) is 17.4. The van der Waals surface area contributed by atoms with Gasteiger partial charge in [0.05, 0.1) is 12.1 Å². The van der Waals surface area contributed by atoms with Crippen molar-refractivity contribution in [3.05, 3.63) is 83.4 Å². The van der Waals surface area contributed by atoms with E-state index in [9.17, 15) is 18.0 Å². The van der Waals surface area contributed by atoms with Crippen molar-refractivity contribution in [3.8, 4) is 0 Å². The molecule has 1 amide bonds. The van der Waals surface area contributed by atoms with E-state index in [0.29, 0.717) is 24.2 Å². The summed E-state index contributed by atoms with van der Waals surface area (Å²) in [7, 11) is 0. The molecule has 1 aromatic heterocycles. The topological polar surface area (TPSA) is 63.1 Å². The lowest BCUT2D eigenvalue weighted by Gasteiger charge is -2.32. The second kappa shape index (κ2) is 9.52. The third-order valence-electron chi connectivity index (χ3n) is 5.61. The first-order valence-corrected chi connectivity index (χ1v) is 10.5. The Hall–Kier alpha value is -3.20. The summed E-state index contributed by atoms with van der Waals surface area (Å²) in [6.07, 6.45) is 0.304. The van der Waals surface area contributed by atoms with Gasteiger partial charge < -0.3 is 5.32 Å². The van der Waals surface area contributed by atoms with Crippen LogP contribution < -0.4 is 5.32 Å². The van der Waals surface area contributed by atoms with E-state index in [-0.39, 0.29) is 11.9 Å². The molecule has 0 aliphatic carbocycles. The van der Waals surface area contributed by atoms with E-state index < -0.39 is 11.7 Å². The first-order valence-electron chi connectivity index (χ1n) is 10.5. The highest BCUT2D eigenvalue weighted by molar-refractivity contribution is 5.94. The maximum Gasteiger partial charge on any atom is 0.416 e. The minimum Gasteiger partial charge on any atom is -0.349 e. The SMILES string of the molecule is O=C(NC1CCN(Cc2cccc(C(F)(F)F)c2)CC1)c1ccc(Cn2cncn2)cc1. The Morgan fingerprint density at radius 1 is 1.03 bits per heavy atom. The lowest BCUT2D eigenvalue weighted by atomic mass is 10.0. The number of aromatic nitrogens is 3. The summed E-state index contributed by atoms with van der Waals surface area (Å²) >= 11 is 0. The highest BCUT2D eigenvalue weighted by Gasteiger charge is 2.30. The van der Waals surface area contributed by atoms with E-state index >= 15 is 0 Å². The van der Waals surface area contributed by atoms with Crippen LogP contribution in [0.25, 0.3) is 0 Å². The van der Waals surface area contributed by atoms with Gasteiger partial charge in [-0.25, -0.2) is 9.67 Å². The second-order valence-electron chi connectivity index (χ2n) is 8.01. The lowest BCUT2D eigenvalue weighted by molar-refractivity contribution is -0.137. The van der Waals surface area contributed by atoms with Gasteiger partial charge in [0.2, 0.25) is 0 Å². The predicted octanol–water partition coefficient (Wildman–Crippen LogP) is 3.74. The van der Waals surface area contributed by atoms with Crippen LogP contribution in [-0.2, 0) is 19.3 Å². The van der Waals surface area contributed by atoms with Crippen molar-refractivity contribution < 1.29 is 18.0 Å². The monoisotopic (exact) mass is 443 g/mol. The van der Waals surface area contributed by atoms with Crippen LogP contribution in [0.5, 0.6) is 0 Å². The van der Waals surface area contributed by atoms with Gasteiger partial charge in [-0.15, -0.1) is 0 Å². The number of halogens is 3. The molecule has 1 saturated heterocycles. The van der Waals surface area contributed by atoms with Crippen LogP contribution in [0.1, 0.15) is 39.9 Å². The predicted molar refractivity (Wildman–Crippen MR) is 113 cm³/mol. The second-order valence-corrected chi connectivity index (χ2v) is 8.01. The van der Waals surface area contributed by atoms with E-state index in [1.54, 1.807) is 29.2 Å². The van der Waals surface area contributed by atoms with E-state index in [1.165, 1.54) is 18.5 Å². The van der Waals surface area contributed by atoms with E-state index in [4.69, 9.17) is 0 Å². The van der Waals surface area contributed by atoms with E-state index in [2.05, 4.69) is 20.3 Å². The fraction of sp³-hybridized carbons (Fsp3) is 0.348. The molecule has 1 N–H and O–H groups in total. The Morgan fingerprint density at radius 2 is 1.78 bits per heavy atom. The number of nitrogens with zero attached hydrogens (tertiary/aromatic N) is 4. The molecule has 9 heteroatoms. The Kier molecular flexibility index (Phi) is 6.55. The fourth-order valence-corrected chi connectivity index (χ4v) is 3.87. The van der Waals surface area contributed by atoms with Crippen molar-refractivity contribution in [2.45, 2.75) is 38.1 Å². The summed E-state index contributed by atoms with van der Waals surface area (Å²) in [5, 5.41) is 7.14. The van der Waals surface area contributed by atoms with Crippen LogP contribution in [0, 0.1) is 0 Å². The molecule has 6 nitrogen and oxygen atoms in total. The maximum absolute atomic E-state index is 12.9. The molecule has 0 spiro atoms. The zero-order valence-electron chi connectivity index (χ0n) is 17.4. The molecule has 0 bridgehead atoms. The number of nitrogens with one attached hydrogen (secondary N) is 1. The Bertz CT molecular complexity index is 1030. The fourth-order valence-electron chi connectivity index (χ4n) is 3.87. The Balaban J connectivity index is 1.25. The summed E-state index contributed by atoms with van der Waals surface area (Å²) in [6.45, 7) is 2.50. The number of hydrogen-bond acceptors (Lipinski definition) is 4. The molecule has 0 atom stereocenters. The van der Waals surface area contributed by atoms with Gasteiger partial charge in [0.25, 0.3) is 5.91 Å². The van der Waals surface area contributed by atoms with Crippen molar-refractivity contribution >= 4 is 5.91 Å². The van der Waals surface area contributed by atoms with Crippen LogP contribution in [0.2, 0.25) is 0 Å². The average molecular weight is 443 g/mol. The van der Waals surface area contributed by atoms with Crippen molar-refractivity contribution in [2.24, 2.45) is 0 Å². The molecule has 4 rings (SSSR count). The normalized spacial score (nSPS) is 15.6. The van der Waals surface area contributed by atoms with Crippen molar-refractivity contribution in [3.63, 3.8) is 0 Å². The van der Waals surface area contributed by atoms with Crippen molar-refractivity contribution in [1.82, 2.24) is 25.0 Å². The standard InChI is InChI=1S/C23H24F3N5O/c24-23(25,26)20-3-1-2-18(12-20)13-30-10-8-21(9-11-30)29-22(32)19-6-4-17(5-7-19)14-31-16-27-15-28-31/h1-7,12,15-16,21H,8-11,13-14H2,(H,29,32). The average Bonchev–Trinajstić information content (AvgIpc) is 3.28. The summed E-state index contributed by atoms with van der Waals surface area (Å²) in [5.74, 6) is -0.117. The number of amides is 1.